The maximum Gasteiger partial charge on any atom is 0.252 e. The fourth-order valence-electron chi connectivity index (χ4n) is 3.11. The second-order valence-electron chi connectivity index (χ2n) is 6.42. The molecule has 2 aromatic rings. The zero-order valence-electron chi connectivity index (χ0n) is 15.5. The van der Waals surface area contributed by atoms with E-state index >= 15 is 0 Å². The molecule has 1 heterocycles. The predicted molar refractivity (Wildman–Crippen MR) is 107 cm³/mol. The number of fused-ring (bicyclic) bond motifs is 1. The second-order valence-corrected chi connectivity index (χ2v) is 8.72. The minimum atomic E-state index is -3.55. The molecule has 2 amide bonds. The standard InChI is InChI=1S/C19H19ClFN3O4S/c1-22-29(27,28)14-3-5-17-12(10-14)7-9-24(17)18(25)6-8-23-19(26)15-4-2-13(21)11-16(15)20/h2-5,10-11,22H,6-9H2,1H3,(H,23,26). The van der Waals surface area contributed by atoms with Crippen LogP contribution in [0.2, 0.25) is 5.02 Å². The highest BCUT2D eigenvalue weighted by Gasteiger charge is 2.26. The molecular formula is C19H19ClFN3O4S. The average molecular weight is 440 g/mol. The SMILES string of the molecule is CNS(=O)(=O)c1ccc2c(c1)CCN2C(=O)CCNC(=O)c1ccc(F)cc1Cl. The van der Waals surface area contributed by atoms with E-state index < -0.39 is 21.7 Å². The van der Waals surface area contributed by atoms with Crippen LogP contribution >= 0.6 is 11.6 Å². The first kappa shape index (κ1) is 21.2. The van der Waals surface area contributed by atoms with Gasteiger partial charge >= 0.3 is 0 Å². The molecule has 0 aromatic heterocycles. The maximum absolute atomic E-state index is 13.1. The van der Waals surface area contributed by atoms with Crippen LogP contribution in [-0.2, 0) is 21.2 Å². The Morgan fingerprint density at radius 3 is 2.66 bits per heavy atom. The van der Waals surface area contributed by atoms with E-state index in [1.54, 1.807) is 17.0 Å². The third-order valence-electron chi connectivity index (χ3n) is 4.63. The van der Waals surface area contributed by atoms with E-state index in [-0.39, 0.29) is 34.4 Å². The van der Waals surface area contributed by atoms with Crippen LogP contribution in [0.25, 0.3) is 0 Å². The first-order valence-corrected chi connectivity index (χ1v) is 10.7. The Morgan fingerprint density at radius 1 is 1.21 bits per heavy atom. The Hall–Kier alpha value is -2.49. The fraction of sp³-hybridized carbons (Fsp3) is 0.263. The van der Waals surface area contributed by atoms with Crippen molar-refractivity contribution in [1.82, 2.24) is 10.0 Å². The summed E-state index contributed by atoms with van der Waals surface area (Å²) in [4.78, 5) is 26.4. The topological polar surface area (TPSA) is 95.6 Å². The highest BCUT2D eigenvalue weighted by molar-refractivity contribution is 7.89. The summed E-state index contributed by atoms with van der Waals surface area (Å²) in [5, 5.41) is 2.59. The summed E-state index contributed by atoms with van der Waals surface area (Å²) in [6.45, 7) is 0.526. The minimum absolute atomic E-state index is 0.00498. The number of nitrogens with zero attached hydrogens (tertiary/aromatic N) is 1. The maximum atomic E-state index is 13.1. The zero-order chi connectivity index (χ0) is 21.2. The molecule has 7 nitrogen and oxygen atoms in total. The molecule has 0 atom stereocenters. The summed E-state index contributed by atoms with van der Waals surface area (Å²) in [7, 11) is -2.21. The van der Waals surface area contributed by atoms with Crippen molar-refractivity contribution in [2.45, 2.75) is 17.7 Å². The van der Waals surface area contributed by atoms with Crippen molar-refractivity contribution in [2.75, 3.05) is 25.0 Å². The molecule has 1 aliphatic heterocycles. The largest absolute Gasteiger partial charge is 0.351 e. The highest BCUT2D eigenvalue weighted by atomic mass is 35.5. The van der Waals surface area contributed by atoms with Crippen LogP contribution in [0.15, 0.2) is 41.3 Å². The number of carbonyl (C=O) groups is 2. The Bertz CT molecular complexity index is 1080. The van der Waals surface area contributed by atoms with Gasteiger partial charge in [0, 0.05) is 25.2 Å². The van der Waals surface area contributed by atoms with Crippen LogP contribution in [0.4, 0.5) is 10.1 Å². The smallest absolute Gasteiger partial charge is 0.252 e. The number of hydrogen-bond acceptors (Lipinski definition) is 4. The van der Waals surface area contributed by atoms with Gasteiger partial charge < -0.3 is 10.2 Å². The molecule has 0 saturated carbocycles. The number of benzene rings is 2. The monoisotopic (exact) mass is 439 g/mol. The third kappa shape index (κ3) is 4.58. The van der Waals surface area contributed by atoms with Crippen LogP contribution in [0.5, 0.6) is 0 Å². The lowest BCUT2D eigenvalue weighted by Crippen LogP contribution is -2.33. The number of nitrogens with one attached hydrogen (secondary N) is 2. The molecule has 0 unspecified atom stereocenters. The minimum Gasteiger partial charge on any atom is -0.351 e. The number of hydrogen-bond donors (Lipinski definition) is 2. The molecule has 29 heavy (non-hydrogen) atoms. The van der Waals surface area contributed by atoms with Crippen molar-refractivity contribution >= 4 is 39.1 Å². The number of amides is 2. The number of carbonyl (C=O) groups excluding carboxylic acids is 2. The van der Waals surface area contributed by atoms with Gasteiger partial charge in [-0.25, -0.2) is 17.5 Å². The lowest BCUT2D eigenvalue weighted by molar-refractivity contribution is -0.118. The van der Waals surface area contributed by atoms with Gasteiger partial charge in [-0.15, -0.1) is 0 Å². The summed E-state index contributed by atoms with van der Waals surface area (Å²) in [5.41, 5.74) is 1.57. The van der Waals surface area contributed by atoms with Gasteiger partial charge in [0.1, 0.15) is 5.82 Å². The summed E-state index contributed by atoms with van der Waals surface area (Å²) in [5.74, 6) is -1.23. The van der Waals surface area contributed by atoms with Gasteiger partial charge in [0.15, 0.2) is 0 Å². The Morgan fingerprint density at radius 2 is 1.97 bits per heavy atom. The fourth-order valence-corrected chi connectivity index (χ4v) is 4.14. The molecule has 154 valence electrons. The molecule has 0 fully saturated rings. The van der Waals surface area contributed by atoms with E-state index in [9.17, 15) is 22.4 Å². The molecule has 0 radical (unpaired) electrons. The molecule has 0 aliphatic carbocycles. The van der Waals surface area contributed by atoms with Crippen molar-refractivity contribution in [2.24, 2.45) is 0 Å². The van der Waals surface area contributed by atoms with E-state index in [1.807, 2.05) is 0 Å². The van der Waals surface area contributed by atoms with Gasteiger partial charge in [-0.2, -0.15) is 0 Å². The summed E-state index contributed by atoms with van der Waals surface area (Å²) in [6, 6.07) is 8.09. The Balaban J connectivity index is 1.61. The predicted octanol–water partition coefficient (Wildman–Crippen LogP) is 2.10. The van der Waals surface area contributed by atoms with Gasteiger partial charge in [-0.1, -0.05) is 11.6 Å². The number of sulfonamides is 1. The molecule has 1 aliphatic rings. The molecule has 0 saturated heterocycles. The Labute approximate surface area is 172 Å². The van der Waals surface area contributed by atoms with E-state index in [1.165, 1.54) is 19.2 Å². The van der Waals surface area contributed by atoms with Gasteiger partial charge in [-0.05, 0) is 55.4 Å². The number of rotatable bonds is 6. The van der Waals surface area contributed by atoms with E-state index in [4.69, 9.17) is 11.6 Å². The number of anilines is 1. The van der Waals surface area contributed by atoms with Crippen molar-refractivity contribution in [3.05, 3.63) is 58.4 Å². The molecule has 2 N–H and O–H groups in total. The zero-order valence-corrected chi connectivity index (χ0v) is 17.1. The van der Waals surface area contributed by atoms with E-state index in [0.717, 1.165) is 17.7 Å². The second kappa shape index (κ2) is 8.48. The van der Waals surface area contributed by atoms with E-state index in [0.29, 0.717) is 18.7 Å². The lowest BCUT2D eigenvalue weighted by atomic mass is 10.2. The normalized spacial score (nSPS) is 13.3. The summed E-state index contributed by atoms with van der Waals surface area (Å²) in [6.07, 6.45) is 0.603. The lowest BCUT2D eigenvalue weighted by Gasteiger charge is -2.18. The van der Waals surface area contributed by atoms with Gasteiger partial charge in [0.2, 0.25) is 15.9 Å². The van der Waals surface area contributed by atoms with Crippen LogP contribution in [-0.4, -0.2) is 40.4 Å². The summed E-state index contributed by atoms with van der Waals surface area (Å²) < 4.78 is 39.2. The van der Waals surface area contributed by atoms with Gasteiger partial charge in [0.25, 0.3) is 5.91 Å². The highest BCUT2D eigenvalue weighted by Crippen LogP contribution is 2.30. The van der Waals surface area contributed by atoms with Crippen LogP contribution in [0.1, 0.15) is 22.3 Å². The van der Waals surface area contributed by atoms with Crippen molar-refractivity contribution in [3.8, 4) is 0 Å². The molecule has 2 aromatic carbocycles. The van der Waals surface area contributed by atoms with E-state index in [2.05, 4.69) is 10.0 Å². The van der Waals surface area contributed by atoms with Crippen molar-refractivity contribution in [1.29, 1.82) is 0 Å². The van der Waals surface area contributed by atoms with Crippen LogP contribution in [0.3, 0.4) is 0 Å². The Kier molecular flexibility index (Phi) is 6.21. The first-order valence-electron chi connectivity index (χ1n) is 8.83. The molecule has 10 heteroatoms. The molecular weight excluding hydrogens is 421 g/mol. The first-order chi connectivity index (χ1) is 13.7. The van der Waals surface area contributed by atoms with Crippen molar-refractivity contribution < 1.29 is 22.4 Å². The third-order valence-corrected chi connectivity index (χ3v) is 6.35. The summed E-state index contributed by atoms with van der Waals surface area (Å²) >= 11 is 5.86. The quantitative estimate of drug-likeness (QED) is 0.720. The van der Waals surface area contributed by atoms with Gasteiger partial charge in [0.05, 0.1) is 15.5 Å². The molecule has 0 bridgehead atoms. The van der Waals surface area contributed by atoms with Crippen LogP contribution < -0.4 is 14.9 Å². The molecule has 0 spiro atoms. The average Bonchev–Trinajstić information content (AvgIpc) is 3.11. The number of halogens is 2. The van der Waals surface area contributed by atoms with Crippen LogP contribution in [0, 0.1) is 5.82 Å². The molecule has 3 rings (SSSR count). The van der Waals surface area contributed by atoms with Crippen molar-refractivity contribution in [3.63, 3.8) is 0 Å². The van der Waals surface area contributed by atoms with Gasteiger partial charge in [-0.3, -0.25) is 9.59 Å².